The second-order valence-electron chi connectivity index (χ2n) is 2.13. The minimum Gasteiger partial charge on any atom is -0.433 e. The lowest BCUT2D eigenvalue weighted by Gasteiger charge is -1.82. The van der Waals surface area contributed by atoms with Gasteiger partial charge in [0, 0.05) is 6.07 Å². The number of hydrogen-bond donors (Lipinski definition) is 2. The lowest BCUT2D eigenvalue weighted by atomic mass is 10.4. The van der Waals surface area contributed by atoms with Crippen LogP contribution in [-0.2, 0) is 0 Å². The average molecular weight is 151 g/mol. The Bertz CT molecular complexity index is 372. The number of rotatable bonds is 1. The summed E-state index contributed by atoms with van der Waals surface area (Å²) in [7, 11) is 0. The van der Waals surface area contributed by atoms with Crippen LogP contribution >= 0.6 is 0 Å². The number of nitrogens with two attached hydrogens (primary N) is 1. The number of amides is 1. The normalized spacial score (nSPS) is 10.5. The van der Waals surface area contributed by atoms with Crippen molar-refractivity contribution in [3.05, 3.63) is 18.0 Å². The molecular formula is C6H5N3O2. The topological polar surface area (TPSA) is 84.9 Å². The Hall–Kier alpha value is -1.78. The largest absolute Gasteiger partial charge is 0.433 e. The second kappa shape index (κ2) is 1.85. The fourth-order valence-electron chi connectivity index (χ4n) is 0.870. The molecule has 0 aliphatic heterocycles. The number of primary amides is 1. The highest BCUT2D eigenvalue weighted by molar-refractivity contribution is 5.94. The fourth-order valence-corrected chi connectivity index (χ4v) is 0.870. The van der Waals surface area contributed by atoms with Gasteiger partial charge in [-0.15, -0.1) is 0 Å². The third-order valence-corrected chi connectivity index (χ3v) is 1.37. The van der Waals surface area contributed by atoms with Crippen LogP contribution < -0.4 is 5.73 Å². The number of carbonyl (C=O) groups is 1. The Morgan fingerprint density at radius 2 is 2.55 bits per heavy atom. The van der Waals surface area contributed by atoms with Crippen LogP contribution in [0.2, 0.25) is 0 Å². The summed E-state index contributed by atoms with van der Waals surface area (Å²) in [4.78, 5) is 10.6. The van der Waals surface area contributed by atoms with Crippen molar-refractivity contribution < 1.29 is 9.21 Å². The maximum absolute atomic E-state index is 10.6. The van der Waals surface area contributed by atoms with E-state index in [4.69, 9.17) is 10.2 Å². The standard InChI is InChI=1S/C6H5N3O2/c7-5(10)4-1-3-2-8-9-6(3)11-4/h1-2H,(H2,7,10)(H,8,9). The lowest BCUT2D eigenvalue weighted by Crippen LogP contribution is -2.09. The molecule has 0 fully saturated rings. The molecule has 0 spiro atoms. The predicted molar refractivity (Wildman–Crippen MR) is 36.9 cm³/mol. The van der Waals surface area contributed by atoms with E-state index < -0.39 is 5.91 Å². The third kappa shape index (κ3) is 0.778. The molecule has 0 unspecified atom stereocenters. The number of furan rings is 1. The highest BCUT2D eigenvalue weighted by Gasteiger charge is 2.08. The molecule has 56 valence electrons. The summed E-state index contributed by atoms with van der Waals surface area (Å²) >= 11 is 0. The molecule has 2 aromatic heterocycles. The summed E-state index contributed by atoms with van der Waals surface area (Å²) in [6.45, 7) is 0. The van der Waals surface area contributed by atoms with E-state index in [9.17, 15) is 4.79 Å². The van der Waals surface area contributed by atoms with Crippen LogP contribution in [0.5, 0.6) is 0 Å². The minimum absolute atomic E-state index is 0.147. The molecule has 5 nitrogen and oxygen atoms in total. The molecule has 2 rings (SSSR count). The van der Waals surface area contributed by atoms with E-state index in [1.54, 1.807) is 12.3 Å². The number of carbonyl (C=O) groups excluding carboxylic acids is 1. The maximum atomic E-state index is 10.6. The van der Waals surface area contributed by atoms with Crippen molar-refractivity contribution in [2.24, 2.45) is 5.73 Å². The van der Waals surface area contributed by atoms with Gasteiger partial charge in [0.25, 0.3) is 5.91 Å². The molecule has 0 saturated carbocycles. The monoisotopic (exact) mass is 151 g/mol. The predicted octanol–water partition coefficient (Wildman–Crippen LogP) is 0.255. The fraction of sp³-hybridized carbons (Fsp3) is 0. The van der Waals surface area contributed by atoms with E-state index in [1.807, 2.05) is 0 Å². The molecule has 11 heavy (non-hydrogen) atoms. The van der Waals surface area contributed by atoms with Gasteiger partial charge in [0.05, 0.1) is 11.6 Å². The number of nitrogens with one attached hydrogen (secondary N) is 1. The molecule has 0 aromatic carbocycles. The molecule has 0 atom stereocenters. The lowest BCUT2D eigenvalue weighted by molar-refractivity contribution is 0.0975. The summed E-state index contributed by atoms with van der Waals surface area (Å²) in [5.41, 5.74) is 5.44. The smallest absolute Gasteiger partial charge is 0.284 e. The van der Waals surface area contributed by atoms with Gasteiger partial charge in [0.1, 0.15) is 0 Å². The van der Waals surface area contributed by atoms with E-state index in [0.717, 1.165) is 5.39 Å². The van der Waals surface area contributed by atoms with Crippen LogP contribution in [0, 0.1) is 0 Å². The van der Waals surface area contributed by atoms with E-state index in [2.05, 4.69) is 10.2 Å². The van der Waals surface area contributed by atoms with Crippen LogP contribution in [0.25, 0.3) is 11.1 Å². The molecule has 0 radical (unpaired) electrons. The first-order valence-corrected chi connectivity index (χ1v) is 3.00. The maximum Gasteiger partial charge on any atom is 0.284 e. The molecule has 0 saturated heterocycles. The van der Waals surface area contributed by atoms with Crippen molar-refractivity contribution in [1.82, 2.24) is 10.2 Å². The minimum atomic E-state index is -0.574. The van der Waals surface area contributed by atoms with Crippen molar-refractivity contribution in [2.45, 2.75) is 0 Å². The van der Waals surface area contributed by atoms with Crippen LogP contribution in [0.15, 0.2) is 16.7 Å². The van der Waals surface area contributed by atoms with Gasteiger partial charge in [-0.25, -0.2) is 5.10 Å². The first-order valence-electron chi connectivity index (χ1n) is 3.00. The molecular weight excluding hydrogens is 146 g/mol. The third-order valence-electron chi connectivity index (χ3n) is 1.37. The van der Waals surface area contributed by atoms with E-state index in [1.165, 1.54) is 0 Å². The van der Waals surface area contributed by atoms with Crippen molar-refractivity contribution >= 4 is 17.0 Å². The van der Waals surface area contributed by atoms with Crippen LogP contribution in [0.1, 0.15) is 10.6 Å². The summed E-state index contributed by atoms with van der Waals surface area (Å²) < 4.78 is 4.98. The van der Waals surface area contributed by atoms with Gasteiger partial charge in [-0.2, -0.15) is 5.10 Å². The van der Waals surface area contributed by atoms with Crippen LogP contribution in [0.4, 0.5) is 0 Å². The molecule has 0 aliphatic rings. The number of hydrogen-bond acceptors (Lipinski definition) is 3. The van der Waals surface area contributed by atoms with E-state index in [0.29, 0.717) is 5.71 Å². The van der Waals surface area contributed by atoms with Crippen LogP contribution in [0.3, 0.4) is 0 Å². The molecule has 2 heterocycles. The molecule has 5 heteroatoms. The van der Waals surface area contributed by atoms with Gasteiger partial charge in [-0.05, 0) is 0 Å². The zero-order chi connectivity index (χ0) is 7.84. The molecule has 2 aromatic rings. The number of fused-ring (bicyclic) bond motifs is 1. The van der Waals surface area contributed by atoms with E-state index >= 15 is 0 Å². The Kier molecular flexibility index (Phi) is 1.00. The number of aromatic amines is 1. The van der Waals surface area contributed by atoms with Crippen LogP contribution in [-0.4, -0.2) is 16.1 Å². The highest BCUT2D eigenvalue weighted by atomic mass is 16.4. The molecule has 0 bridgehead atoms. The van der Waals surface area contributed by atoms with Gasteiger partial charge in [-0.1, -0.05) is 0 Å². The molecule has 0 aliphatic carbocycles. The van der Waals surface area contributed by atoms with Gasteiger partial charge in [-0.3, -0.25) is 4.79 Å². The van der Waals surface area contributed by atoms with Gasteiger partial charge in [0.2, 0.25) is 5.71 Å². The number of nitrogens with zero attached hydrogens (tertiary/aromatic N) is 1. The van der Waals surface area contributed by atoms with E-state index in [-0.39, 0.29) is 5.76 Å². The quantitative estimate of drug-likeness (QED) is 0.612. The van der Waals surface area contributed by atoms with Gasteiger partial charge in [0.15, 0.2) is 5.76 Å². The van der Waals surface area contributed by atoms with Crippen molar-refractivity contribution in [3.8, 4) is 0 Å². The second-order valence-corrected chi connectivity index (χ2v) is 2.13. The van der Waals surface area contributed by atoms with Crippen molar-refractivity contribution in [1.29, 1.82) is 0 Å². The zero-order valence-electron chi connectivity index (χ0n) is 5.50. The Morgan fingerprint density at radius 3 is 3.18 bits per heavy atom. The summed E-state index contributed by atoms with van der Waals surface area (Å²) in [6, 6.07) is 1.54. The molecule has 1 amide bonds. The van der Waals surface area contributed by atoms with Gasteiger partial charge >= 0.3 is 0 Å². The van der Waals surface area contributed by atoms with Crippen molar-refractivity contribution in [2.75, 3.05) is 0 Å². The Labute approximate surface area is 61.2 Å². The highest BCUT2D eigenvalue weighted by Crippen LogP contribution is 2.14. The average Bonchev–Trinajstić information content (AvgIpc) is 2.40. The molecule has 3 N–H and O–H groups in total. The summed E-state index contributed by atoms with van der Waals surface area (Å²) in [6.07, 6.45) is 1.56. The van der Waals surface area contributed by atoms with Gasteiger partial charge < -0.3 is 10.2 Å². The first-order chi connectivity index (χ1) is 5.27. The number of aromatic nitrogens is 2. The number of H-pyrrole nitrogens is 1. The summed E-state index contributed by atoms with van der Waals surface area (Å²) in [5, 5.41) is 7.01. The zero-order valence-corrected chi connectivity index (χ0v) is 5.50. The Balaban J connectivity index is 2.67. The summed E-state index contributed by atoms with van der Waals surface area (Å²) in [5.74, 6) is -0.428. The first kappa shape index (κ1) is 5.96. The Morgan fingerprint density at radius 1 is 1.73 bits per heavy atom. The SMILES string of the molecule is NC(=O)c1cc2cn[nH]c2o1. The van der Waals surface area contributed by atoms with Crippen molar-refractivity contribution in [3.63, 3.8) is 0 Å².